The largest absolute Gasteiger partial charge is 0.434 e. The van der Waals surface area contributed by atoms with E-state index in [2.05, 4.69) is 5.43 Å². The molecule has 3 rings (SSSR count). The van der Waals surface area contributed by atoms with Crippen LogP contribution in [0.15, 0.2) is 60.7 Å². The van der Waals surface area contributed by atoms with Crippen molar-refractivity contribution in [2.45, 2.75) is 38.5 Å². The van der Waals surface area contributed by atoms with Crippen LogP contribution in [0, 0.1) is 5.92 Å². The van der Waals surface area contributed by atoms with E-state index >= 15 is 0 Å². The van der Waals surface area contributed by atoms with E-state index in [-0.39, 0.29) is 19.0 Å². The van der Waals surface area contributed by atoms with Gasteiger partial charge in [-0.25, -0.2) is 9.80 Å². The molecule has 0 unspecified atom stereocenters. The molecule has 2 aromatic rings. The van der Waals surface area contributed by atoms with E-state index < -0.39 is 30.3 Å². The van der Waals surface area contributed by atoms with Crippen LogP contribution < -0.4 is 16.1 Å². The van der Waals surface area contributed by atoms with E-state index in [1.807, 2.05) is 62.4 Å². The Labute approximate surface area is 188 Å². The van der Waals surface area contributed by atoms with E-state index in [0.717, 1.165) is 5.56 Å². The summed E-state index contributed by atoms with van der Waals surface area (Å²) < 4.78 is 5.29. The van der Waals surface area contributed by atoms with Crippen molar-refractivity contribution >= 4 is 17.7 Å². The maximum atomic E-state index is 12.8. The van der Waals surface area contributed by atoms with Crippen LogP contribution in [0.5, 0.6) is 0 Å². The standard InChI is InChI=1S/C24H32N4O4/c1-17(2)14-27(15-21(29)20(25)13-18-9-5-3-6-10-18)26-23(30)22-16-28(24(31)32-22)19-11-7-4-8-12-19/h3-12,17,20-22,29H,13-16,25H2,1-2H3,(H,26,30)/t20-,21-,22-/m0/s1. The number of rotatable bonds is 10. The van der Waals surface area contributed by atoms with Crippen LogP contribution in [-0.2, 0) is 16.0 Å². The number of carbonyl (C=O) groups is 2. The van der Waals surface area contributed by atoms with Crippen molar-refractivity contribution in [2.24, 2.45) is 11.7 Å². The fourth-order valence-corrected chi connectivity index (χ4v) is 3.64. The first-order chi connectivity index (χ1) is 15.3. The number of amides is 2. The SMILES string of the molecule is CC(C)CN(C[C@H](O)[C@@H](N)Cc1ccccc1)NC(=O)[C@@H]1CN(c2ccccc2)C(=O)O1. The van der Waals surface area contributed by atoms with Crippen molar-refractivity contribution in [2.75, 3.05) is 24.5 Å². The third kappa shape index (κ3) is 6.53. The Bertz CT molecular complexity index is 878. The number of carbonyl (C=O) groups excluding carboxylic acids is 2. The zero-order valence-corrected chi connectivity index (χ0v) is 18.6. The maximum Gasteiger partial charge on any atom is 0.415 e. The quantitative estimate of drug-likeness (QED) is 0.487. The Morgan fingerprint density at radius 1 is 1.16 bits per heavy atom. The van der Waals surface area contributed by atoms with Gasteiger partial charge in [-0.05, 0) is 30.0 Å². The lowest BCUT2D eigenvalue weighted by Crippen LogP contribution is -2.54. The molecule has 32 heavy (non-hydrogen) atoms. The number of hydrogen-bond donors (Lipinski definition) is 3. The van der Waals surface area contributed by atoms with Crippen LogP contribution in [0.25, 0.3) is 0 Å². The lowest BCUT2D eigenvalue weighted by atomic mass is 10.0. The third-order valence-corrected chi connectivity index (χ3v) is 5.24. The fourth-order valence-electron chi connectivity index (χ4n) is 3.64. The number of para-hydroxylation sites is 1. The highest BCUT2D eigenvalue weighted by Gasteiger charge is 2.37. The smallest absolute Gasteiger partial charge is 0.415 e. The van der Waals surface area contributed by atoms with E-state index in [0.29, 0.717) is 18.7 Å². The molecule has 1 aliphatic heterocycles. The normalized spacial score (nSPS) is 18.0. The fraction of sp³-hybridized carbons (Fsp3) is 0.417. The molecule has 1 aliphatic rings. The topological polar surface area (TPSA) is 108 Å². The molecule has 8 nitrogen and oxygen atoms in total. The van der Waals surface area contributed by atoms with Crippen LogP contribution in [-0.4, -0.2) is 60.0 Å². The maximum absolute atomic E-state index is 12.8. The molecular weight excluding hydrogens is 408 g/mol. The van der Waals surface area contributed by atoms with Crippen molar-refractivity contribution in [3.63, 3.8) is 0 Å². The summed E-state index contributed by atoms with van der Waals surface area (Å²) in [6, 6.07) is 18.3. The summed E-state index contributed by atoms with van der Waals surface area (Å²) in [4.78, 5) is 26.5. The molecule has 0 saturated carbocycles. The van der Waals surface area contributed by atoms with Gasteiger partial charge in [-0.15, -0.1) is 0 Å². The van der Waals surface area contributed by atoms with Gasteiger partial charge in [0.15, 0.2) is 0 Å². The summed E-state index contributed by atoms with van der Waals surface area (Å²) in [5.41, 5.74) is 10.7. The highest BCUT2D eigenvalue weighted by Crippen LogP contribution is 2.21. The third-order valence-electron chi connectivity index (χ3n) is 5.24. The number of nitrogens with one attached hydrogen (secondary N) is 1. The van der Waals surface area contributed by atoms with Gasteiger partial charge in [0.1, 0.15) is 0 Å². The molecule has 0 aromatic heterocycles. The summed E-state index contributed by atoms with van der Waals surface area (Å²) in [7, 11) is 0. The molecule has 0 bridgehead atoms. The molecule has 8 heteroatoms. The summed E-state index contributed by atoms with van der Waals surface area (Å²) in [5.74, 6) is -0.193. The first-order valence-electron chi connectivity index (χ1n) is 10.9. The Kier molecular flexibility index (Phi) is 8.21. The van der Waals surface area contributed by atoms with E-state index in [1.165, 1.54) is 4.90 Å². The number of hydrogen-bond acceptors (Lipinski definition) is 6. The van der Waals surface area contributed by atoms with Crippen molar-refractivity contribution in [1.82, 2.24) is 10.4 Å². The molecule has 0 radical (unpaired) electrons. The average Bonchev–Trinajstić information content (AvgIpc) is 3.16. The summed E-state index contributed by atoms with van der Waals surface area (Å²) >= 11 is 0. The second-order valence-corrected chi connectivity index (χ2v) is 8.51. The van der Waals surface area contributed by atoms with E-state index in [9.17, 15) is 14.7 Å². The lowest BCUT2D eigenvalue weighted by Gasteiger charge is -2.30. The zero-order chi connectivity index (χ0) is 23.1. The first kappa shape index (κ1) is 23.7. The van der Waals surface area contributed by atoms with Gasteiger partial charge >= 0.3 is 6.09 Å². The molecule has 1 heterocycles. The van der Waals surface area contributed by atoms with E-state index in [4.69, 9.17) is 10.5 Å². The number of hydrazine groups is 1. The molecule has 2 aromatic carbocycles. The number of aliphatic hydroxyl groups is 1. The van der Waals surface area contributed by atoms with Gasteiger partial charge in [-0.2, -0.15) is 0 Å². The van der Waals surface area contributed by atoms with Crippen LogP contribution in [0.1, 0.15) is 19.4 Å². The van der Waals surface area contributed by atoms with E-state index in [1.54, 1.807) is 17.1 Å². The summed E-state index contributed by atoms with van der Waals surface area (Å²) in [5, 5.41) is 12.3. The van der Waals surface area contributed by atoms with Crippen molar-refractivity contribution in [3.8, 4) is 0 Å². The van der Waals surface area contributed by atoms with Crippen LogP contribution in [0.4, 0.5) is 10.5 Å². The molecular formula is C24H32N4O4. The number of nitrogens with two attached hydrogens (primary N) is 1. The van der Waals surface area contributed by atoms with Gasteiger partial charge in [0.25, 0.3) is 5.91 Å². The monoisotopic (exact) mass is 440 g/mol. The second kappa shape index (κ2) is 11.1. The molecule has 1 fully saturated rings. The molecule has 2 amide bonds. The van der Waals surface area contributed by atoms with Gasteiger partial charge in [-0.3, -0.25) is 15.1 Å². The number of nitrogens with zero attached hydrogens (tertiary/aromatic N) is 2. The Morgan fingerprint density at radius 3 is 2.41 bits per heavy atom. The molecule has 172 valence electrons. The van der Waals surface area contributed by atoms with Crippen molar-refractivity contribution < 1.29 is 19.4 Å². The Balaban J connectivity index is 1.58. The van der Waals surface area contributed by atoms with Gasteiger partial charge < -0.3 is 15.6 Å². The molecule has 1 saturated heterocycles. The van der Waals surface area contributed by atoms with Crippen LogP contribution in [0.2, 0.25) is 0 Å². The number of aliphatic hydroxyl groups excluding tert-OH is 1. The highest BCUT2D eigenvalue weighted by molar-refractivity contribution is 5.95. The first-order valence-corrected chi connectivity index (χ1v) is 10.9. The van der Waals surface area contributed by atoms with Gasteiger partial charge in [0, 0.05) is 24.8 Å². The van der Waals surface area contributed by atoms with Crippen molar-refractivity contribution in [3.05, 3.63) is 66.2 Å². The number of benzene rings is 2. The zero-order valence-electron chi connectivity index (χ0n) is 18.6. The number of anilines is 1. The minimum atomic E-state index is -0.937. The highest BCUT2D eigenvalue weighted by atomic mass is 16.6. The van der Waals surface area contributed by atoms with Gasteiger partial charge in [-0.1, -0.05) is 62.4 Å². The lowest BCUT2D eigenvalue weighted by molar-refractivity contribution is -0.133. The van der Waals surface area contributed by atoms with Crippen LogP contribution in [0.3, 0.4) is 0 Å². The minimum Gasteiger partial charge on any atom is -0.434 e. The second-order valence-electron chi connectivity index (χ2n) is 8.51. The summed E-state index contributed by atoms with van der Waals surface area (Å²) in [6.07, 6.45) is -1.82. The predicted octanol–water partition coefficient (Wildman–Crippen LogP) is 1.93. The molecule has 4 N–H and O–H groups in total. The minimum absolute atomic E-state index is 0.125. The number of cyclic esters (lactones) is 1. The van der Waals surface area contributed by atoms with Crippen molar-refractivity contribution in [1.29, 1.82) is 0 Å². The average molecular weight is 441 g/mol. The Hall–Kier alpha value is -2.94. The van der Waals surface area contributed by atoms with Gasteiger partial charge in [0.2, 0.25) is 6.10 Å². The summed E-state index contributed by atoms with van der Waals surface area (Å²) in [6.45, 7) is 4.84. The van der Waals surface area contributed by atoms with Gasteiger partial charge in [0.05, 0.1) is 12.6 Å². The molecule has 3 atom stereocenters. The predicted molar refractivity (Wildman–Crippen MR) is 123 cm³/mol. The molecule has 0 aliphatic carbocycles. The van der Waals surface area contributed by atoms with Crippen LogP contribution >= 0.6 is 0 Å². The molecule has 0 spiro atoms. The Morgan fingerprint density at radius 2 is 1.78 bits per heavy atom. The number of ether oxygens (including phenoxy) is 1.